The van der Waals surface area contributed by atoms with Crippen LogP contribution >= 0.6 is 11.8 Å². The largest absolute Gasteiger partial charge is 0.384 e. The molecule has 1 aliphatic heterocycles. The van der Waals surface area contributed by atoms with E-state index in [1.165, 1.54) is 6.07 Å². The Morgan fingerprint density at radius 2 is 2.22 bits per heavy atom. The standard InChI is InChI=1S/C13H18FN3S/c1-13(2)8-17(5-6-18-13)11-4-3-9(12(15)16)7-10(11)14/h3-4,7H,5-6,8H2,1-2H3,(H3,15,16). The Labute approximate surface area is 111 Å². The molecule has 0 bridgehead atoms. The second-order valence-electron chi connectivity index (χ2n) is 5.11. The molecule has 0 radical (unpaired) electrons. The molecular weight excluding hydrogens is 249 g/mol. The van der Waals surface area contributed by atoms with Gasteiger partial charge in [-0.15, -0.1) is 0 Å². The zero-order valence-electron chi connectivity index (χ0n) is 10.7. The average molecular weight is 267 g/mol. The van der Waals surface area contributed by atoms with E-state index < -0.39 is 0 Å². The minimum atomic E-state index is -0.301. The summed E-state index contributed by atoms with van der Waals surface area (Å²) in [7, 11) is 0. The van der Waals surface area contributed by atoms with Crippen molar-refractivity contribution in [3.8, 4) is 0 Å². The van der Waals surface area contributed by atoms with Crippen LogP contribution in [0.15, 0.2) is 18.2 Å². The first-order chi connectivity index (χ1) is 8.39. The number of amidine groups is 1. The predicted octanol–water partition coefficient (Wildman–Crippen LogP) is 2.44. The molecule has 18 heavy (non-hydrogen) atoms. The van der Waals surface area contributed by atoms with E-state index in [1.807, 2.05) is 11.8 Å². The number of hydrogen-bond acceptors (Lipinski definition) is 3. The van der Waals surface area contributed by atoms with E-state index in [2.05, 4.69) is 18.7 Å². The lowest BCUT2D eigenvalue weighted by molar-refractivity contribution is 0.597. The minimum absolute atomic E-state index is 0.102. The number of rotatable bonds is 2. The summed E-state index contributed by atoms with van der Waals surface area (Å²) >= 11 is 1.91. The van der Waals surface area contributed by atoms with Gasteiger partial charge in [0.2, 0.25) is 0 Å². The van der Waals surface area contributed by atoms with E-state index in [-0.39, 0.29) is 16.4 Å². The number of halogens is 1. The quantitative estimate of drug-likeness (QED) is 0.639. The van der Waals surface area contributed by atoms with Crippen LogP contribution in [0.1, 0.15) is 19.4 Å². The summed E-state index contributed by atoms with van der Waals surface area (Å²) < 4.78 is 14.2. The van der Waals surface area contributed by atoms with Gasteiger partial charge >= 0.3 is 0 Å². The van der Waals surface area contributed by atoms with Gasteiger partial charge in [-0.2, -0.15) is 11.8 Å². The van der Waals surface area contributed by atoms with Crippen LogP contribution in [-0.4, -0.2) is 29.4 Å². The Balaban J connectivity index is 2.26. The Hall–Kier alpha value is -1.23. The van der Waals surface area contributed by atoms with Crippen molar-refractivity contribution in [3.63, 3.8) is 0 Å². The smallest absolute Gasteiger partial charge is 0.147 e. The van der Waals surface area contributed by atoms with Crippen molar-refractivity contribution >= 4 is 23.3 Å². The van der Waals surface area contributed by atoms with Gasteiger partial charge in [-0.3, -0.25) is 5.41 Å². The zero-order chi connectivity index (χ0) is 13.3. The molecule has 0 spiro atoms. The van der Waals surface area contributed by atoms with E-state index in [0.717, 1.165) is 18.8 Å². The van der Waals surface area contributed by atoms with Gasteiger partial charge in [-0.05, 0) is 32.0 Å². The van der Waals surface area contributed by atoms with Crippen LogP contribution in [0.4, 0.5) is 10.1 Å². The highest BCUT2D eigenvalue weighted by atomic mass is 32.2. The number of hydrogen-bond donors (Lipinski definition) is 2. The van der Waals surface area contributed by atoms with E-state index in [1.54, 1.807) is 12.1 Å². The number of benzene rings is 1. The summed E-state index contributed by atoms with van der Waals surface area (Å²) in [6, 6.07) is 4.76. The maximum absolute atomic E-state index is 14.0. The Morgan fingerprint density at radius 3 is 2.78 bits per heavy atom. The third-order valence-electron chi connectivity index (χ3n) is 3.03. The lowest BCUT2D eigenvalue weighted by atomic mass is 10.1. The van der Waals surface area contributed by atoms with Crippen LogP contribution in [0, 0.1) is 11.2 Å². The number of anilines is 1. The van der Waals surface area contributed by atoms with Gasteiger partial charge in [-0.25, -0.2) is 4.39 Å². The van der Waals surface area contributed by atoms with Crippen LogP contribution in [0.5, 0.6) is 0 Å². The molecule has 98 valence electrons. The summed E-state index contributed by atoms with van der Waals surface area (Å²) in [5, 5.41) is 7.30. The third kappa shape index (κ3) is 2.77. The first-order valence-electron chi connectivity index (χ1n) is 5.92. The molecule has 0 saturated carbocycles. The lowest BCUT2D eigenvalue weighted by Gasteiger charge is -2.39. The van der Waals surface area contributed by atoms with Crippen molar-refractivity contribution in [2.75, 3.05) is 23.7 Å². The van der Waals surface area contributed by atoms with Crippen LogP contribution in [0.25, 0.3) is 0 Å². The number of nitrogen functional groups attached to an aromatic ring is 1. The van der Waals surface area contributed by atoms with Crippen LogP contribution in [-0.2, 0) is 0 Å². The molecule has 5 heteroatoms. The van der Waals surface area contributed by atoms with Gasteiger partial charge < -0.3 is 10.6 Å². The predicted molar refractivity (Wildman–Crippen MR) is 76.2 cm³/mol. The minimum Gasteiger partial charge on any atom is -0.384 e. The van der Waals surface area contributed by atoms with E-state index in [0.29, 0.717) is 11.3 Å². The van der Waals surface area contributed by atoms with Crippen LogP contribution in [0.2, 0.25) is 0 Å². The molecule has 0 unspecified atom stereocenters. The molecule has 0 atom stereocenters. The number of nitrogens with one attached hydrogen (secondary N) is 1. The highest BCUT2D eigenvalue weighted by Crippen LogP contribution is 2.33. The van der Waals surface area contributed by atoms with Gasteiger partial charge in [0.1, 0.15) is 11.7 Å². The van der Waals surface area contributed by atoms with Gasteiger partial charge in [0.25, 0.3) is 0 Å². The van der Waals surface area contributed by atoms with E-state index in [9.17, 15) is 4.39 Å². The molecule has 0 aromatic heterocycles. The van der Waals surface area contributed by atoms with E-state index >= 15 is 0 Å². The zero-order valence-corrected chi connectivity index (χ0v) is 11.5. The van der Waals surface area contributed by atoms with Gasteiger partial charge in [0.05, 0.1) is 5.69 Å². The third-order valence-corrected chi connectivity index (χ3v) is 4.32. The highest BCUT2D eigenvalue weighted by molar-refractivity contribution is 8.00. The highest BCUT2D eigenvalue weighted by Gasteiger charge is 2.28. The van der Waals surface area contributed by atoms with Crippen molar-refractivity contribution in [2.45, 2.75) is 18.6 Å². The molecule has 0 amide bonds. The topological polar surface area (TPSA) is 53.1 Å². The Kier molecular flexibility index (Phi) is 3.52. The van der Waals surface area contributed by atoms with Gasteiger partial charge in [0.15, 0.2) is 0 Å². The first-order valence-corrected chi connectivity index (χ1v) is 6.90. The SMILES string of the molecule is CC1(C)CN(c2ccc(C(=N)N)cc2F)CCS1. The second kappa shape index (κ2) is 4.80. The Bertz CT molecular complexity index is 473. The normalized spacial score (nSPS) is 18.7. The fraction of sp³-hybridized carbons (Fsp3) is 0.462. The van der Waals surface area contributed by atoms with Crippen molar-refractivity contribution < 1.29 is 4.39 Å². The lowest BCUT2D eigenvalue weighted by Crippen LogP contribution is -2.43. The monoisotopic (exact) mass is 267 g/mol. The summed E-state index contributed by atoms with van der Waals surface area (Å²) in [5.74, 6) is 0.598. The van der Waals surface area contributed by atoms with E-state index in [4.69, 9.17) is 11.1 Å². The summed E-state index contributed by atoms with van der Waals surface area (Å²) in [4.78, 5) is 2.07. The maximum atomic E-state index is 14.0. The molecule has 1 aromatic rings. The molecule has 1 fully saturated rings. The molecule has 1 aromatic carbocycles. The molecule has 3 N–H and O–H groups in total. The number of nitrogens with two attached hydrogens (primary N) is 1. The Morgan fingerprint density at radius 1 is 1.50 bits per heavy atom. The number of nitrogens with zero attached hydrogens (tertiary/aromatic N) is 1. The fourth-order valence-corrected chi connectivity index (χ4v) is 3.26. The van der Waals surface area contributed by atoms with Crippen molar-refractivity contribution in [2.24, 2.45) is 5.73 Å². The maximum Gasteiger partial charge on any atom is 0.147 e. The molecule has 3 nitrogen and oxygen atoms in total. The molecule has 0 aliphatic carbocycles. The van der Waals surface area contributed by atoms with Gasteiger partial charge in [0, 0.05) is 29.2 Å². The second-order valence-corrected chi connectivity index (χ2v) is 6.91. The van der Waals surface area contributed by atoms with Crippen LogP contribution in [0.3, 0.4) is 0 Å². The molecular formula is C13H18FN3S. The number of thioether (sulfide) groups is 1. The fourth-order valence-electron chi connectivity index (χ4n) is 2.15. The van der Waals surface area contributed by atoms with Crippen molar-refractivity contribution in [3.05, 3.63) is 29.6 Å². The average Bonchev–Trinajstić information content (AvgIpc) is 2.27. The summed E-state index contributed by atoms with van der Waals surface area (Å²) in [6.07, 6.45) is 0. The summed E-state index contributed by atoms with van der Waals surface area (Å²) in [6.45, 7) is 6.02. The van der Waals surface area contributed by atoms with Gasteiger partial charge in [-0.1, -0.05) is 0 Å². The first kappa shape index (κ1) is 13.2. The summed E-state index contributed by atoms with van der Waals surface area (Å²) in [5.41, 5.74) is 6.39. The van der Waals surface area contributed by atoms with Crippen LogP contribution < -0.4 is 10.6 Å². The molecule has 1 saturated heterocycles. The van der Waals surface area contributed by atoms with Crippen molar-refractivity contribution in [1.29, 1.82) is 5.41 Å². The molecule has 1 aliphatic rings. The molecule has 1 heterocycles. The van der Waals surface area contributed by atoms with Crippen molar-refractivity contribution in [1.82, 2.24) is 0 Å². The molecule has 2 rings (SSSR count).